The van der Waals surface area contributed by atoms with Crippen LogP contribution in [-0.2, 0) is 28.7 Å². The molecule has 7 aliphatic carbocycles. The number of hydrogen-bond donors (Lipinski definition) is 0. The van der Waals surface area contributed by atoms with Crippen LogP contribution in [0.25, 0.3) is 0 Å². The van der Waals surface area contributed by atoms with E-state index in [-0.39, 0.29) is 45.5 Å². The maximum absolute atomic E-state index is 12.4. The van der Waals surface area contributed by atoms with E-state index in [1.165, 1.54) is 0 Å². The summed E-state index contributed by atoms with van der Waals surface area (Å²) in [6, 6.07) is 0. The maximum Gasteiger partial charge on any atom is 0.321 e. The lowest BCUT2D eigenvalue weighted by molar-refractivity contribution is -0.298. The van der Waals surface area contributed by atoms with Crippen LogP contribution in [0.2, 0.25) is 0 Å². The van der Waals surface area contributed by atoms with E-state index < -0.39 is 21.7 Å². The first-order valence-corrected chi connectivity index (χ1v) is 7.96. The lowest BCUT2D eigenvalue weighted by Crippen LogP contribution is -2.77. The van der Waals surface area contributed by atoms with Gasteiger partial charge >= 0.3 is 23.9 Å². The van der Waals surface area contributed by atoms with E-state index in [1.54, 1.807) is 0 Å². The Bertz CT molecular complexity index is 813. The Balaban J connectivity index is 1.43. The molecule has 0 N–H and O–H groups in total. The van der Waals surface area contributed by atoms with Crippen molar-refractivity contribution in [3.05, 3.63) is 0 Å². The van der Waals surface area contributed by atoms with Gasteiger partial charge in [0.25, 0.3) is 0 Å². The Labute approximate surface area is 122 Å². The number of ether oxygens (including phenoxy) is 2. The molecule has 2 saturated heterocycles. The van der Waals surface area contributed by atoms with E-state index in [0.717, 1.165) is 0 Å². The average molecular weight is 296 g/mol. The van der Waals surface area contributed by atoms with Crippen LogP contribution in [0.4, 0.5) is 0 Å². The highest BCUT2D eigenvalue weighted by atomic mass is 16.6. The Morgan fingerprint density at radius 3 is 0.955 bits per heavy atom. The summed E-state index contributed by atoms with van der Waals surface area (Å²) in [5, 5.41) is 0. The molecule has 9 fully saturated rings. The lowest BCUT2D eigenvalue weighted by atomic mass is 9.25. The molecule has 0 aromatic carbocycles. The third kappa shape index (κ3) is 0.294. The van der Waals surface area contributed by atoms with Gasteiger partial charge in [0.1, 0.15) is 0 Å². The molecule has 9 rings (SSSR count). The van der Waals surface area contributed by atoms with Gasteiger partial charge in [-0.05, 0) is 25.7 Å². The molecule has 2 aliphatic heterocycles. The third-order valence-electron chi connectivity index (χ3n) is 10.7. The Kier molecular flexibility index (Phi) is 0.668. The van der Waals surface area contributed by atoms with E-state index in [4.69, 9.17) is 9.47 Å². The summed E-state index contributed by atoms with van der Waals surface area (Å²) in [6.07, 6.45) is 2.80. The van der Waals surface area contributed by atoms with Crippen LogP contribution in [0.15, 0.2) is 0 Å². The Hall–Kier alpha value is -1.72. The molecule has 6 heteroatoms. The summed E-state index contributed by atoms with van der Waals surface area (Å²) in [7, 11) is 0. The van der Waals surface area contributed by atoms with Crippen molar-refractivity contribution in [3.63, 3.8) is 0 Å². The second-order valence-electron chi connectivity index (χ2n) is 9.30. The predicted octanol–water partition coefficient (Wildman–Crippen LogP) is -0.300. The van der Waals surface area contributed by atoms with Gasteiger partial charge < -0.3 is 9.47 Å². The average Bonchev–Trinajstić information content (AvgIpc) is 3.31. The highest BCUT2D eigenvalue weighted by molar-refractivity contribution is 6.21. The van der Waals surface area contributed by atoms with Gasteiger partial charge in [-0.3, -0.25) is 19.2 Å². The fraction of sp³-hybridized carbons (Fsp3) is 0.750. The van der Waals surface area contributed by atoms with E-state index in [0.29, 0.717) is 25.7 Å². The minimum atomic E-state index is -0.632. The molecule has 7 unspecified atom stereocenters. The first-order valence-electron chi connectivity index (χ1n) is 7.96. The first kappa shape index (κ1) is 9.43. The number of carbonyl (C=O) groups is 4. The van der Waals surface area contributed by atoms with Crippen molar-refractivity contribution in [2.24, 2.45) is 43.3 Å². The van der Waals surface area contributed by atoms with E-state index in [9.17, 15) is 19.2 Å². The van der Waals surface area contributed by atoms with Crippen LogP contribution in [0.3, 0.4) is 0 Å². The van der Waals surface area contributed by atoms with E-state index in [1.807, 2.05) is 0 Å². The van der Waals surface area contributed by atoms with Gasteiger partial charge in [-0.1, -0.05) is 0 Å². The summed E-state index contributed by atoms with van der Waals surface area (Å²) in [5.74, 6) is -1.42. The number of esters is 4. The van der Waals surface area contributed by atoms with Crippen molar-refractivity contribution in [1.29, 1.82) is 0 Å². The molecule has 0 amide bonds. The topological polar surface area (TPSA) is 86.7 Å². The van der Waals surface area contributed by atoms with Crippen molar-refractivity contribution >= 4 is 23.9 Å². The molecule has 108 valence electrons. The van der Waals surface area contributed by atoms with Crippen molar-refractivity contribution in [2.75, 3.05) is 0 Å². The van der Waals surface area contributed by atoms with Gasteiger partial charge in [0.15, 0.2) is 0 Å². The lowest BCUT2D eigenvalue weighted by Gasteiger charge is -2.73. The van der Waals surface area contributed by atoms with Gasteiger partial charge in [-0.2, -0.15) is 0 Å². The molecule has 7 saturated carbocycles. The zero-order chi connectivity index (χ0) is 14.6. The van der Waals surface area contributed by atoms with Gasteiger partial charge in [0.05, 0.1) is 21.7 Å². The number of carbonyl (C=O) groups excluding carboxylic acids is 4. The minimum Gasteiger partial charge on any atom is -0.392 e. The maximum atomic E-state index is 12.4. The third-order valence-corrected chi connectivity index (χ3v) is 10.7. The predicted molar refractivity (Wildman–Crippen MR) is 60.1 cm³/mol. The highest BCUT2D eigenvalue weighted by Gasteiger charge is 3.38. The largest absolute Gasteiger partial charge is 0.392 e. The molecule has 0 bridgehead atoms. The van der Waals surface area contributed by atoms with E-state index >= 15 is 0 Å². The molecule has 9 aliphatic rings. The van der Waals surface area contributed by atoms with Crippen LogP contribution in [0.1, 0.15) is 25.7 Å². The minimum absolute atomic E-state index is 0.208. The van der Waals surface area contributed by atoms with Gasteiger partial charge in [-0.15, -0.1) is 0 Å². The van der Waals surface area contributed by atoms with Gasteiger partial charge in [0, 0.05) is 21.7 Å². The van der Waals surface area contributed by atoms with Crippen molar-refractivity contribution < 1.29 is 28.7 Å². The number of rotatable bonds is 0. The van der Waals surface area contributed by atoms with Crippen molar-refractivity contribution in [2.45, 2.75) is 25.7 Å². The van der Waals surface area contributed by atoms with Crippen LogP contribution in [-0.4, -0.2) is 23.9 Å². The van der Waals surface area contributed by atoms with Crippen LogP contribution in [0, 0.1) is 43.3 Å². The molecular formula is C16H8O6. The molecule has 0 radical (unpaired) electrons. The van der Waals surface area contributed by atoms with Gasteiger partial charge in [0.2, 0.25) is 0 Å². The Morgan fingerprint density at radius 2 is 0.727 bits per heavy atom. The zero-order valence-electron chi connectivity index (χ0n) is 11.3. The number of cyclic esters (lactones) is 4. The Morgan fingerprint density at radius 1 is 0.500 bits per heavy atom. The number of hydrogen-bond acceptors (Lipinski definition) is 6. The normalized spacial score (nSPS) is 82.5. The van der Waals surface area contributed by atoms with Crippen LogP contribution < -0.4 is 0 Å². The SMILES string of the molecule is O=C1OC(=O)C23CC24C2(CC132)C12CC13C(=O)OC(=O)[C@@]31CC421. The summed E-state index contributed by atoms with van der Waals surface area (Å²) in [4.78, 5) is 49.5. The fourth-order valence-electron chi connectivity index (χ4n) is 11.1. The summed E-state index contributed by atoms with van der Waals surface area (Å²) in [5.41, 5.74) is -3.36. The summed E-state index contributed by atoms with van der Waals surface area (Å²) < 4.78 is 10.1. The molecule has 0 aromatic heterocycles. The fourth-order valence-corrected chi connectivity index (χ4v) is 11.1. The zero-order valence-corrected chi connectivity index (χ0v) is 11.3. The smallest absolute Gasteiger partial charge is 0.321 e. The first-order chi connectivity index (χ1) is 10.4. The quantitative estimate of drug-likeness (QED) is 0.450. The highest BCUT2D eigenvalue weighted by Crippen LogP contribution is 3.35. The van der Waals surface area contributed by atoms with Crippen LogP contribution in [0.5, 0.6) is 0 Å². The molecule has 2 heterocycles. The van der Waals surface area contributed by atoms with Gasteiger partial charge in [-0.25, -0.2) is 0 Å². The summed E-state index contributed by atoms with van der Waals surface area (Å²) >= 11 is 0. The molecular weight excluding hydrogens is 288 g/mol. The second kappa shape index (κ2) is 1.56. The van der Waals surface area contributed by atoms with Crippen molar-refractivity contribution in [1.82, 2.24) is 0 Å². The summed E-state index contributed by atoms with van der Waals surface area (Å²) in [6.45, 7) is 0. The molecule has 8 spiro atoms. The second-order valence-corrected chi connectivity index (χ2v) is 9.30. The molecule has 0 aromatic rings. The molecule has 22 heavy (non-hydrogen) atoms. The standard InChI is InChI=1S/C16H8O6/c17-5-9-1-13(9)14(2-10(9,14)6(18)21-5)16-4-12(16)8(20)22-7(19)11(12)3-15(11,13)16/h1-4H2/t9-,10?,11?,12?,13?,14?,15?,16?/m0/s1. The van der Waals surface area contributed by atoms with E-state index in [2.05, 4.69) is 0 Å². The monoisotopic (exact) mass is 296 g/mol. The molecule has 6 nitrogen and oxygen atoms in total. The van der Waals surface area contributed by atoms with Crippen molar-refractivity contribution in [3.8, 4) is 0 Å². The van der Waals surface area contributed by atoms with Crippen LogP contribution >= 0.6 is 0 Å². The molecule has 8 atom stereocenters.